The summed E-state index contributed by atoms with van der Waals surface area (Å²) in [7, 11) is 1.59. The topological polar surface area (TPSA) is 96.5 Å². The first-order valence-corrected chi connectivity index (χ1v) is 6.39. The molecule has 1 amide bonds. The van der Waals surface area contributed by atoms with Crippen molar-refractivity contribution in [1.29, 1.82) is 0 Å². The van der Waals surface area contributed by atoms with E-state index in [0.717, 1.165) is 0 Å². The fourth-order valence-corrected chi connectivity index (χ4v) is 1.89. The number of furan rings is 1. The molecular weight excluding hydrogens is 274 g/mol. The molecule has 2 rings (SSSR count). The maximum Gasteiger partial charge on any atom is 0.339 e. The SMILES string of the molecule is CCc1oc(C(=O)N(C)Cc2cnccn2)cc1C(=O)O. The number of amides is 1. The van der Waals surface area contributed by atoms with Gasteiger partial charge in [0.25, 0.3) is 5.91 Å². The number of carbonyl (C=O) groups is 2. The number of aryl methyl sites for hydroxylation is 1. The zero-order chi connectivity index (χ0) is 15.4. The molecule has 0 bridgehead atoms. The van der Waals surface area contributed by atoms with Gasteiger partial charge in [-0.1, -0.05) is 6.92 Å². The standard InChI is InChI=1S/C14H15N3O4/c1-3-11-10(14(19)20)6-12(21-11)13(18)17(2)8-9-7-15-4-5-16-9/h4-7H,3,8H2,1-2H3,(H,19,20). The van der Waals surface area contributed by atoms with Gasteiger partial charge in [0, 0.05) is 31.9 Å². The van der Waals surface area contributed by atoms with Crippen LogP contribution in [0.15, 0.2) is 29.1 Å². The molecule has 0 unspecified atom stereocenters. The lowest BCUT2D eigenvalue weighted by atomic mass is 10.2. The minimum absolute atomic E-state index is 0.00985. The average Bonchev–Trinajstić information content (AvgIpc) is 2.92. The van der Waals surface area contributed by atoms with Crippen LogP contribution in [0.1, 0.15) is 39.3 Å². The van der Waals surface area contributed by atoms with E-state index in [1.165, 1.54) is 17.2 Å². The van der Waals surface area contributed by atoms with Gasteiger partial charge in [-0.2, -0.15) is 0 Å². The van der Waals surface area contributed by atoms with Crippen LogP contribution in [0.3, 0.4) is 0 Å². The Hall–Kier alpha value is -2.70. The zero-order valence-electron chi connectivity index (χ0n) is 11.7. The Balaban J connectivity index is 2.18. The second-order valence-corrected chi connectivity index (χ2v) is 4.46. The minimum Gasteiger partial charge on any atom is -0.478 e. The molecule has 110 valence electrons. The summed E-state index contributed by atoms with van der Waals surface area (Å²) in [6, 6.07) is 1.26. The van der Waals surface area contributed by atoms with Crippen LogP contribution in [0.4, 0.5) is 0 Å². The number of hydrogen-bond acceptors (Lipinski definition) is 5. The lowest BCUT2D eigenvalue weighted by Gasteiger charge is -2.14. The van der Waals surface area contributed by atoms with Gasteiger partial charge in [-0.15, -0.1) is 0 Å². The Bertz CT molecular complexity index is 651. The first kappa shape index (κ1) is 14.7. The van der Waals surface area contributed by atoms with Crippen LogP contribution in [-0.2, 0) is 13.0 Å². The van der Waals surface area contributed by atoms with Crippen LogP contribution in [-0.4, -0.2) is 38.9 Å². The normalized spacial score (nSPS) is 10.4. The van der Waals surface area contributed by atoms with Gasteiger partial charge < -0.3 is 14.4 Å². The number of nitrogens with zero attached hydrogens (tertiary/aromatic N) is 3. The van der Waals surface area contributed by atoms with Crippen LogP contribution in [0.2, 0.25) is 0 Å². The molecule has 7 heteroatoms. The number of hydrogen-bond donors (Lipinski definition) is 1. The third kappa shape index (κ3) is 3.25. The number of rotatable bonds is 5. The van der Waals surface area contributed by atoms with Crippen LogP contribution in [0, 0.1) is 0 Å². The third-order valence-corrected chi connectivity index (χ3v) is 2.93. The number of carboxylic acid groups (broad SMARTS) is 1. The van der Waals surface area contributed by atoms with Crippen LogP contribution >= 0.6 is 0 Å². The molecule has 0 fully saturated rings. The molecule has 0 atom stereocenters. The second kappa shape index (κ2) is 6.17. The highest BCUT2D eigenvalue weighted by molar-refractivity contribution is 5.96. The molecule has 2 aromatic heterocycles. The van der Waals surface area contributed by atoms with Crippen LogP contribution in [0.5, 0.6) is 0 Å². The molecule has 0 aliphatic carbocycles. The van der Waals surface area contributed by atoms with Crippen molar-refractivity contribution in [3.05, 3.63) is 47.4 Å². The Morgan fingerprint density at radius 3 is 2.67 bits per heavy atom. The summed E-state index contributed by atoms with van der Waals surface area (Å²) in [5, 5.41) is 9.06. The molecule has 2 heterocycles. The van der Waals surface area contributed by atoms with Crippen molar-refractivity contribution < 1.29 is 19.1 Å². The third-order valence-electron chi connectivity index (χ3n) is 2.93. The van der Waals surface area contributed by atoms with Crippen molar-refractivity contribution in [3.8, 4) is 0 Å². The number of aromatic carboxylic acids is 1. The second-order valence-electron chi connectivity index (χ2n) is 4.46. The van der Waals surface area contributed by atoms with Crippen molar-refractivity contribution in [2.45, 2.75) is 19.9 Å². The maximum atomic E-state index is 12.2. The fourth-order valence-electron chi connectivity index (χ4n) is 1.89. The summed E-state index contributed by atoms with van der Waals surface area (Å²) in [5.41, 5.74) is 0.655. The molecule has 1 N–H and O–H groups in total. The molecule has 7 nitrogen and oxygen atoms in total. The Kier molecular flexibility index (Phi) is 4.32. The number of aromatic nitrogens is 2. The number of carboxylic acids is 1. The zero-order valence-corrected chi connectivity index (χ0v) is 11.7. The van der Waals surface area contributed by atoms with E-state index in [4.69, 9.17) is 9.52 Å². The summed E-state index contributed by atoms with van der Waals surface area (Å²) in [6.45, 7) is 2.03. The summed E-state index contributed by atoms with van der Waals surface area (Å²) in [6.07, 6.45) is 5.05. The van der Waals surface area contributed by atoms with Gasteiger partial charge in [-0.05, 0) is 0 Å². The molecule has 0 saturated heterocycles. The van der Waals surface area contributed by atoms with Gasteiger partial charge in [0.15, 0.2) is 5.76 Å². The predicted molar refractivity (Wildman–Crippen MR) is 72.9 cm³/mol. The summed E-state index contributed by atoms with van der Waals surface area (Å²) in [5.74, 6) is -1.21. The van der Waals surface area contributed by atoms with E-state index in [0.29, 0.717) is 17.9 Å². The molecule has 2 aromatic rings. The molecule has 0 saturated carbocycles. The lowest BCUT2D eigenvalue weighted by Crippen LogP contribution is -2.26. The quantitative estimate of drug-likeness (QED) is 0.898. The van der Waals surface area contributed by atoms with E-state index in [-0.39, 0.29) is 17.9 Å². The van der Waals surface area contributed by atoms with E-state index in [1.807, 2.05) is 0 Å². The summed E-state index contributed by atoms with van der Waals surface area (Å²) in [4.78, 5) is 32.7. The predicted octanol–water partition coefficient (Wildman–Crippen LogP) is 1.60. The lowest BCUT2D eigenvalue weighted by molar-refractivity contribution is 0.0692. The van der Waals surface area contributed by atoms with E-state index < -0.39 is 11.9 Å². The smallest absolute Gasteiger partial charge is 0.339 e. The molecule has 0 spiro atoms. The van der Waals surface area contributed by atoms with Crippen LogP contribution in [0.25, 0.3) is 0 Å². The first-order chi connectivity index (χ1) is 10.0. The fraction of sp³-hybridized carbons (Fsp3) is 0.286. The van der Waals surface area contributed by atoms with Crippen molar-refractivity contribution >= 4 is 11.9 Å². The van der Waals surface area contributed by atoms with E-state index in [1.54, 1.807) is 26.4 Å². The van der Waals surface area contributed by atoms with Gasteiger partial charge >= 0.3 is 5.97 Å². The molecule has 0 aliphatic rings. The summed E-state index contributed by atoms with van der Waals surface area (Å²) >= 11 is 0. The van der Waals surface area contributed by atoms with E-state index in [2.05, 4.69) is 9.97 Å². The molecule has 0 aliphatic heterocycles. The molecular formula is C14H15N3O4. The van der Waals surface area contributed by atoms with Gasteiger partial charge in [-0.3, -0.25) is 14.8 Å². The van der Waals surface area contributed by atoms with Crippen molar-refractivity contribution in [3.63, 3.8) is 0 Å². The largest absolute Gasteiger partial charge is 0.478 e. The van der Waals surface area contributed by atoms with E-state index in [9.17, 15) is 9.59 Å². The van der Waals surface area contributed by atoms with Gasteiger partial charge in [0.2, 0.25) is 0 Å². The highest BCUT2D eigenvalue weighted by Crippen LogP contribution is 2.18. The van der Waals surface area contributed by atoms with Gasteiger partial charge in [0.1, 0.15) is 11.3 Å². The average molecular weight is 289 g/mol. The minimum atomic E-state index is -1.11. The van der Waals surface area contributed by atoms with Crippen molar-refractivity contribution in [2.75, 3.05) is 7.05 Å². The Morgan fingerprint density at radius 1 is 1.38 bits per heavy atom. The molecule has 0 radical (unpaired) electrons. The van der Waals surface area contributed by atoms with E-state index >= 15 is 0 Å². The summed E-state index contributed by atoms with van der Waals surface area (Å²) < 4.78 is 5.34. The van der Waals surface area contributed by atoms with Gasteiger partial charge in [-0.25, -0.2) is 4.79 Å². The number of carbonyl (C=O) groups excluding carboxylic acids is 1. The highest BCUT2D eigenvalue weighted by atomic mass is 16.4. The van der Waals surface area contributed by atoms with Crippen LogP contribution < -0.4 is 0 Å². The molecule has 0 aromatic carbocycles. The highest BCUT2D eigenvalue weighted by Gasteiger charge is 2.22. The Labute approximate surface area is 121 Å². The van der Waals surface area contributed by atoms with Gasteiger partial charge in [0.05, 0.1) is 18.4 Å². The Morgan fingerprint density at radius 2 is 2.14 bits per heavy atom. The van der Waals surface area contributed by atoms with Crippen molar-refractivity contribution in [2.24, 2.45) is 0 Å². The first-order valence-electron chi connectivity index (χ1n) is 6.39. The monoisotopic (exact) mass is 289 g/mol. The maximum absolute atomic E-state index is 12.2. The molecule has 21 heavy (non-hydrogen) atoms. The van der Waals surface area contributed by atoms with Crippen molar-refractivity contribution in [1.82, 2.24) is 14.9 Å².